The monoisotopic (exact) mass is 426 g/mol. The Kier molecular flexibility index (Phi) is 13.1. The first-order valence-electron chi connectivity index (χ1n) is 11.9. The second-order valence-electron chi connectivity index (χ2n) is 8.54. The van der Waals surface area contributed by atoms with E-state index in [1.807, 2.05) is 0 Å². The SMILES string of the molecule is CCCCCCOCCCSCC[C@@H]1[C@@H](CC=CCCCC(=O)O)[C@H]2CC[C@@H]1O2. The second-order valence-corrected chi connectivity index (χ2v) is 9.76. The van der Waals surface area contributed by atoms with Gasteiger partial charge in [0.1, 0.15) is 0 Å². The lowest BCUT2D eigenvalue weighted by atomic mass is 9.76. The Hall–Kier alpha value is -0.520. The van der Waals surface area contributed by atoms with Gasteiger partial charge in [-0.2, -0.15) is 11.8 Å². The molecule has 1 N–H and O–H groups in total. The van der Waals surface area contributed by atoms with E-state index in [0.717, 1.165) is 38.9 Å². The van der Waals surface area contributed by atoms with Crippen LogP contribution in [0.2, 0.25) is 0 Å². The Morgan fingerprint density at radius 2 is 1.83 bits per heavy atom. The number of hydrogen-bond acceptors (Lipinski definition) is 4. The van der Waals surface area contributed by atoms with Crippen LogP contribution in [0.15, 0.2) is 12.2 Å². The van der Waals surface area contributed by atoms with Crippen molar-refractivity contribution >= 4 is 17.7 Å². The van der Waals surface area contributed by atoms with E-state index < -0.39 is 5.97 Å². The average Bonchev–Trinajstić information content (AvgIpc) is 3.30. The quantitative estimate of drug-likeness (QED) is 0.212. The van der Waals surface area contributed by atoms with Crippen molar-refractivity contribution in [3.8, 4) is 0 Å². The summed E-state index contributed by atoms with van der Waals surface area (Å²) in [6, 6.07) is 0. The summed E-state index contributed by atoms with van der Waals surface area (Å²) in [5.74, 6) is 3.10. The van der Waals surface area contributed by atoms with E-state index in [2.05, 4.69) is 30.8 Å². The molecule has 0 spiro atoms. The van der Waals surface area contributed by atoms with E-state index >= 15 is 0 Å². The zero-order valence-corrected chi connectivity index (χ0v) is 19.2. The Labute approximate surface area is 182 Å². The van der Waals surface area contributed by atoms with E-state index in [9.17, 15) is 4.79 Å². The van der Waals surface area contributed by atoms with Crippen LogP contribution in [-0.4, -0.2) is 48.0 Å². The summed E-state index contributed by atoms with van der Waals surface area (Å²) in [5.41, 5.74) is 0. The number of aliphatic carboxylic acids is 1. The third kappa shape index (κ3) is 9.89. The summed E-state index contributed by atoms with van der Waals surface area (Å²) in [4.78, 5) is 10.6. The van der Waals surface area contributed by atoms with Gasteiger partial charge in [-0.1, -0.05) is 38.3 Å². The van der Waals surface area contributed by atoms with Crippen molar-refractivity contribution in [3.63, 3.8) is 0 Å². The molecule has 0 amide bonds. The predicted octanol–water partition coefficient (Wildman–Crippen LogP) is 6.09. The molecule has 2 aliphatic heterocycles. The number of fused-ring (bicyclic) bond motifs is 2. The van der Waals surface area contributed by atoms with Crippen LogP contribution in [0.3, 0.4) is 0 Å². The number of ether oxygens (including phenoxy) is 2. The van der Waals surface area contributed by atoms with Gasteiger partial charge in [-0.15, -0.1) is 0 Å². The lowest BCUT2D eigenvalue weighted by molar-refractivity contribution is -0.137. The molecule has 2 heterocycles. The lowest BCUT2D eigenvalue weighted by Gasteiger charge is -2.27. The summed E-state index contributed by atoms with van der Waals surface area (Å²) in [7, 11) is 0. The van der Waals surface area contributed by atoms with Gasteiger partial charge in [0.15, 0.2) is 0 Å². The Bertz CT molecular complexity index is 468. The van der Waals surface area contributed by atoms with Gasteiger partial charge in [0.2, 0.25) is 0 Å². The highest BCUT2D eigenvalue weighted by Gasteiger charge is 2.47. The van der Waals surface area contributed by atoms with Gasteiger partial charge in [0.05, 0.1) is 12.2 Å². The molecule has 0 unspecified atom stereocenters. The average molecular weight is 427 g/mol. The number of carboxylic acids is 1. The molecule has 4 atom stereocenters. The van der Waals surface area contributed by atoms with Crippen molar-refractivity contribution in [1.29, 1.82) is 0 Å². The standard InChI is InChI=1S/C24H42O4S/c1-2-3-4-9-16-27-17-10-18-29-19-15-21-20(22-13-14-23(21)28-22)11-7-5-6-8-12-24(25)26/h5,7,20-23H,2-4,6,8-19H2,1H3,(H,25,26)/t20-,21-,22-,23+/m1/s1. The topological polar surface area (TPSA) is 55.8 Å². The predicted molar refractivity (Wildman–Crippen MR) is 122 cm³/mol. The van der Waals surface area contributed by atoms with Crippen LogP contribution in [-0.2, 0) is 14.3 Å². The highest BCUT2D eigenvalue weighted by atomic mass is 32.2. The highest BCUT2D eigenvalue weighted by Crippen LogP contribution is 2.47. The lowest BCUT2D eigenvalue weighted by Crippen LogP contribution is -2.27. The summed E-state index contributed by atoms with van der Waals surface area (Å²) in [5, 5.41) is 8.70. The maximum absolute atomic E-state index is 10.6. The van der Waals surface area contributed by atoms with Gasteiger partial charge in [-0.05, 0) is 74.7 Å². The maximum Gasteiger partial charge on any atom is 0.303 e. The molecule has 2 saturated heterocycles. The van der Waals surface area contributed by atoms with Crippen LogP contribution >= 0.6 is 11.8 Å². The molecule has 2 fully saturated rings. The molecule has 0 aromatic rings. The normalized spacial score (nSPS) is 26.0. The van der Waals surface area contributed by atoms with Crippen LogP contribution in [0.25, 0.3) is 0 Å². The fraction of sp³-hybridized carbons (Fsp3) is 0.875. The van der Waals surface area contributed by atoms with Crippen LogP contribution in [0.5, 0.6) is 0 Å². The number of hydrogen-bond donors (Lipinski definition) is 1. The number of carboxylic acid groups (broad SMARTS) is 1. The van der Waals surface area contributed by atoms with E-state index in [4.69, 9.17) is 14.6 Å². The molecule has 5 heteroatoms. The molecule has 0 aromatic heterocycles. The molecule has 29 heavy (non-hydrogen) atoms. The fourth-order valence-corrected chi connectivity index (χ4v) is 5.62. The molecule has 2 aliphatic rings. The van der Waals surface area contributed by atoms with Crippen molar-refractivity contribution in [1.82, 2.24) is 0 Å². The van der Waals surface area contributed by atoms with Gasteiger partial charge in [-0.3, -0.25) is 4.79 Å². The second kappa shape index (κ2) is 15.3. The smallest absolute Gasteiger partial charge is 0.303 e. The first kappa shape index (κ1) is 24.7. The van der Waals surface area contributed by atoms with Gasteiger partial charge >= 0.3 is 5.97 Å². The van der Waals surface area contributed by atoms with Crippen molar-refractivity contribution in [2.24, 2.45) is 11.8 Å². The molecule has 0 saturated carbocycles. The number of thioether (sulfide) groups is 1. The summed E-state index contributed by atoms with van der Waals surface area (Å²) in [6.45, 7) is 4.08. The van der Waals surface area contributed by atoms with Gasteiger partial charge in [0.25, 0.3) is 0 Å². The molecule has 0 aromatic carbocycles. The molecule has 4 nitrogen and oxygen atoms in total. The van der Waals surface area contributed by atoms with Gasteiger partial charge in [0, 0.05) is 19.6 Å². The minimum atomic E-state index is -0.698. The zero-order chi connectivity index (χ0) is 20.7. The zero-order valence-electron chi connectivity index (χ0n) is 18.4. The van der Waals surface area contributed by atoms with Crippen molar-refractivity contribution in [2.45, 2.75) is 96.2 Å². The first-order chi connectivity index (χ1) is 14.2. The van der Waals surface area contributed by atoms with Crippen LogP contribution < -0.4 is 0 Å². The highest BCUT2D eigenvalue weighted by molar-refractivity contribution is 7.99. The third-order valence-corrected chi connectivity index (χ3v) is 7.34. The van der Waals surface area contributed by atoms with Crippen molar-refractivity contribution in [3.05, 3.63) is 12.2 Å². The minimum Gasteiger partial charge on any atom is -0.481 e. The van der Waals surface area contributed by atoms with E-state index in [1.165, 1.54) is 56.5 Å². The van der Waals surface area contributed by atoms with Gasteiger partial charge in [-0.25, -0.2) is 0 Å². The summed E-state index contributed by atoms with van der Waals surface area (Å²) in [6.07, 6.45) is 18.4. The molecule has 0 radical (unpaired) electrons. The Morgan fingerprint density at radius 1 is 1.03 bits per heavy atom. The van der Waals surface area contributed by atoms with E-state index in [-0.39, 0.29) is 6.42 Å². The maximum atomic E-state index is 10.6. The van der Waals surface area contributed by atoms with Crippen LogP contribution in [0.1, 0.15) is 84.0 Å². The minimum absolute atomic E-state index is 0.269. The third-order valence-electron chi connectivity index (χ3n) is 6.24. The molecular formula is C24H42O4S. The van der Waals surface area contributed by atoms with E-state index in [1.54, 1.807) is 0 Å². The summed E-state index contributed by atoms with van der Waals surface area (Å²) >= 11 is 2.07. The molecule has 168 valence electrons. The molecule has 0 aliphatic carbocycles. The van der Waals surface area contributed by atoms with Gasteiger partial charge < -0.3 is 14.6 Å². The molecule has 2 rings (SSSR count). The van der Waals surface area contributed by atoms with Crippen LogP contribution in [0, 0.1) is 11.8 Å². The Balaban J connectivity index is 1.52. The molecular weight excluding hydrogens is 384 g/mol. The van der Waals surface area contributed by atoms with Crippen LogP contribution in [0.4, 0.5) is 0 Å². The number of carbonyl (C=O) groups is 1. The first-order valence-corrected chi connectivity index (χ1v) is 13.1. The number of unbranched alkanes of at least 4 members (excludes halogenated alkanes) is 4. The summed E-state index contributed by atoms with van der Waals surface area (Å²) < 4.78 is 11.9. The van der Waals surface area contributed by atoms with Crippen molar-refractivity contribution < 1.29 is 19.4 Å². The Morgan fingerprint density at radius 3 is 2.62 bits per heavy atom. The van der Waals surface area contributed by atoms with Crippen molar-refractivity contribution in [2.75, 3.05) is 24.7 Å². The van der Waals surface area contributed by atoms with E-state index in [0.29, 0.717) is 24.0 Å². The molecule has 2 bridgehead atoms. The number of rotatable bonds is 18. The largest absolute Gasteiger partial charge is 0.481 e. The number of allylic oxidation sites excluding steroid dienone is 2. The fourth-order valence-electron chi connectivity index (χ4n) is 4.66.